The number of aryl methyl sites for hydroxylation is 1. The van der Waals surface area contributed by atoms with Gasteiger partial charge in [0.2, 0.25) is 11.7 Å². The Bertz CT molecular complexity index is 678. The smallest absolute Gasteiger partial charge is 0.219 e. The van der Waals surface area contributed by atoms with Crippen molar-refractivity contribution in [2.75, 3.05) is 27.2 Å². The normalized spacial score (nSPS) is 15.1. The molecule has 0 saturated heterocycles. The fourth-order valence-corrected chi connectivity index (χ4v) is 3.53. The van der Waals surface area contributed by atoms with E-state index in [-0.39, 0.29) is 18.3 Å². The highest BCUT2D eigenvalue weighted by Crippen LogP contribution is 2.35. The summed E-state index contributed by atoms with van der Waals surface area (Å²) in [7, 11) is 4.42. The summed E-state index contributed by atoms with van der Waals surface area (Å²) in [5.41, 5.74) is 3.19. The molecule has 0 radical (unpaired) electrons. The van der Waals surface area contributed by atoms with Crippen LogP contribution in [0.15, 0.2) is 6.20 Å². The van der Waals surface area contributed by atoms with Crippen molar-refractivity contribution in [2.45, 2.75) is 78.7 Å². The number of unbranched alkanes of at least 4 members (excludes halogenated alkanes) is 2. The van der Waals surface area contributed by atoms with Gasteiger partial charge in [0.1, 0.15) is 12.3 Å². The van der Waals surface area contributed by atoms with Gasteiger partial charge in [-0.2, -0.15) is 0 Å². The van der Waals surface area contributed by atoms with E-state index in [0.29, 0.717) is 13.0 Å². The lowest BCUT2D eigenvalue weighted by molar-refractivity contribution is -0.903. The van der Waals surface area contributed by atoms with Crippen LogP contribution >= 0.6 is 0 Å². The maximum absolute atomic E-state index is 11.8. The number of quaternary nitrogens is 1. The molecule has 2 heterocycles. The SMILES string of the molecule is CCCCCC(=O)NCCC[N+](C)(C)Cc1cnc(C)c2c1COC(C)(C)O2.[Cl-]. The number of hydrogen-bond acceptors (Lipinski definition) is 4. The molecule has 0 aliphatic carbocycles. The van der Waals surface area contributed by atoms with Crippen molar-refractivity contribution in [3.05, 3.63) is 23.0 Å². The van der Waals surface area contributed by atoms with Gasteiger partial charge in [0.25, 0.3) is 0 Å². The number of carbonyl (C=O) groups excluding carboxylic acids is 1. The molecule has 1 aromatic heterocycles. The van der Waals surface area contributed by atoms with Crippen LogP contribution < -0.4 is 22.5 Å². The molecule has 7 heteroatoms. The van der Waals surface area contributed by atoms with Gasteiger partial charge in [-0.25, -0.2) is 0 Å². The summed E-state index contributed by atoms with van der Waals surface area (Å²) in [5.74, 6) is 0.429. The van der Waals surface area contributed by atoms with Crippen LogP contribution in [0.3, 0.4) is 0 Å². The molecule has 1 N–H and O–H groups in total. The van der Waals surface area contributed by atoms with E-state index in [4.69, 9.17) is 9.47 Å². The van der Waals surface area contributed by atoms with Gasteiger partial charge in [-0.15, -0.1) is 0 Å². The number of rotatable bonds is 10. The molecular formula is C22H38ClN3O3. The Hall–Kier alpha value is -1.37. The Morgan fingerprint density at radius 1 is 1.28 bits per heavy atom. The number of nitrogens with zero attached hydrogens (tertiary/aromatic N) is 2. The third-order valence-electron chi connectivity index (χ3n) is 5.18. The number of hydrogen-bond donors (Lipinski definition) is 1. The van der Waals surface area contributed by atoms with Crippen molar-refractivity contribution in [1.29, 1.82) is 0 Å². The van der Waals surface area contributed by atoms with E-state index in [1.807, 2.05) is 27.0 Å². The maximum Gasteiger partial charge on any atom is 0.219 e. The topological polar surface area (TPSA) is 60.5 Å². The van der Waals surface area contributed by atoms with Crippen LogP contribution in [0.1, 0.15) is 69.7 Å². The van der Waals surface area contributed by atoms with Crippen LogP contribution in [0.2, 0.25) is 0 Å². The Morgan fingerprint density at radius 2 is 2.00 bits per heavy atom. The molecule has 0 aromatic carbocycles. The predicted molar refractivity (Wildman–Crippen MR) is 111 cm³/mol. The second kappa shape index (κ2) is 11.1. The monoisotopic (exact) mass is 427 g/mol. The van der Waals surface area contributed by atoms with Crippen LogP contribution in [-0.4, -0.2) is 48.3 Å². The zero-order valence-electron chi connectivity index (χ0n) is 18.9. The Labute approximate surface area is 182 Å². The Morgan fingerprint density at radius 3 is 2.69 bits per heavy atom. The Balaban J connectivity index is 0.00000420. The van der Waals surface area contributed by atoms with Crippen molar-refractivity contribution in [3.8, 4) is 5.75 Å². The molecule has 29 heavy (non-hydrogen) atoms. The highest BCUT2D eigenvalue weighted by atomic mass is 35.5. The number of amides is 1. The van der Waals surface area contributed by atoms with Gasteiger partial charge in [0.15, 0.2) is 0 Å². The summed E-state index contributed by atoms with van der Waals surface area (Å²) < 4.78 is 12.7. The molecule has 1 aliphatic rings. The minimum absolute atomic E-state index is 0. The van der Waals surface area contributed by atoms with Gasteiger partial charge in [-0.05, 0) is 13.3 Å². The second-order valence-electron chi connectivity index (χ2n) is 8.95. The lowest BCUT2D eigenvalue weighted by Gasteiger charge is -2.36. The lowest BCUT2D eigenvalue weighted by atomic mass is 10.1. The minimum Gasteiger partial charge on any atom is -1.00 e. The molecule has 1 amide bonds. The third-order valence-corrected chi connectivity index (χ3v) is 5.18. The van der Waals surface area contributed by atoms with E-state index in [1.54, 1.807) is 0 Å². The molecule has 0 atom stereocenters. The molecule has 0 fully saturated rings. The molecule has 0 bridgehead atoms. The van der Waals surface area contributed by atoms with Gasteiger partial charge in [-0.3, -0.25) is 9.78 Å². The number of nitrogens with one attached hydrogen (secondary N) is 1. The number of fused-ring (bicyclic) bond motifs is 1. The quantitative estimate of drug-likeness (QED) is 0.441. The number of carbonyl (C=O) groups is 1. The first-order valence-electron chi connectivity index (χ1n) is 10.5. The zero-order chi connectivity index (χ0) is 20.8. The van der Waals surface area contributed by atoms with Gasteiger partial charge >= 0.3 is 0 Å². The highest BCUT2D eigenvalue weighted by molar-refractivity contribution is 5.75. The summed E-state index contributed by atoms with van der Waals surface area (Å²) in [6, 6.07) is 0. The number of aromatic nitrogens is 1. The highest BCUT2D eigenvalue weighted by Gasteiger charge is 2.32. The first-order chi connectivity index (χ1) is 13.1. The summed E-state index contributed by atoms with van der Waals surface area (Å²) in [5, 5.41) is 3.04. The standard InChI is InChI=1S/C22H37N3O3.ClH/c1-7-8-9-11-20(26)23-12-10-13-25(5,6)15-18-14-24-17(2)21-19(18)16-27-22(3,4)28-21;/h14H,7-13,15-16H2,1-6H3;1H. The molecule has 1 aromatic rings. The molecule has 1 aliphatic heterocycles. The second-order valence-corrected chi connectivity index (χ2v) is 8.95. The molecule has 2 rings (SSSR count). The minimum atomic E-state index is -0.613. The zero-order valence-corrected chi connectivity index (χ0v) is 19.7. The predicted octanol–water partition coefficient (Wildman–Crippen LogP) is 0.702. The van der Waals surface area contributed by atoms with Gasteiger partial charge < -0.3 is 31.7 Å². The summed E-state index contributed by atoms with van der Waals surface area (Å²) in [4.78, 5) is 16.4. The molecular weight excluding hydrogens is 390 g/mol. The van der Waals surface area contributed by atoms with Crippen LogP contribution in [-0.2, 0) is 22.7 Å². The fraction of sp³-hybridized carbons (Fsp3) is 0.727. The van der Waals surface area contributed by atoms with Crippen molar-refractivity contribution >= 4 is 5.91 Å². The molecule has 0 unspecified atom stereocenters. The van der Waals surface area contributed by atoms with E-state index >= 15 is 0 Å². The number of ether oxygens (including phenoxy) is 2. The van der Waals surface area contributed by atoms with Crippen LogP contribution in [0.25, 0.3) is 0 Å². The number of pyridine rings is 1. The van der Waals surface area contributed by atoms with E-state index in [0.717, 1.165) is 66.8 Å². The summed E-state index contributed by atoms with van der Waals surface area (Å²) in [6.45, 7) is 11.1. The maximum atomic E-state index is 11.8. The molecule has 0 spiro atoms. The van der Waals surface area contributed by atoms with Crippen molar-refractivity contribution in [3.63, 3.8) is 0 Å². The van der Waals surface area contributed by atoms with E-state index in [9.17, 15) is 4.79 Å². The largest absolute Gasteiger partial charge is 1.00 e. The average molecular weight is 428 g/mol. The molecule has 0 saturated carbocycles. The van der Waals surface area contributed by atoms with Crippen molar-refractivity contribution in [2.24, 2.45) is 0 Å². The average Bonchev–Trinajstić information content (AvgIpc) is 2.61. The van der Waals surface area contributed by atoms with E-state index < -0.39 is 5.79 Å². The lowest BCUT2D eigenvalue weighted by Crippen LogP contribution is -3.00. The van der Waals surface area contributed by atoms with Gasteiger partial charge in [0, 0.05) is 50.6 Å². The number of halogens is 1. The Kier molecular flexibility index (Phi) is 9.86. The van der Waals surface area contributed by atoms with Crippen LogP contribution in [0, 0.1) is 6.92 Å². The van der Waals surface area contributed by atoms with Gasteiger partial charge in [-0.1, -0.05) is 19.8 Å². The van der Waals surface area contributed by atoms with Crippen LogP contribution in [0.5, 0.6) is 5.75 Å². The van der Waals surface area contributed by atoms with Gasteiger partial charge in [0.05, 0.1) is 32.9 Å². The molecule has 166 valence electrons. The van der Waals surface area contributed by atoms with E-state index in [1.165, 1.54) is 5.56 Å². The van der Waals surface area contributed by atoms with Crippen molar-refractivity contribution in [1.82, 2.24) is 10.3 Å². The first-order valence-corrected chi connectivity index (χ1v) is 10.5. The van der Waals surface area contributed by atoms with Crippen molar-refractivity contribution < 1.29 is 31.2 Å². The van der Waals surface area contributed by atoms with Crippen LogP contribution in [0.4, 0.5) is 0 Å². The first kappa shape index (κ1) is 25.7. The summed E-state index contributed by atoms with van der Waals surface area (Å²) in [6.07, 6.45) is 6.80. The third kappa shape index (κ3) is 8.11. The van der Waals surface area contributed by atoms with E-state index in [2.05, 4.69) is 31.3 Å². The molecule has 6 nitrogen and oxygen atoms in total. The fourth-order valence-electron chi connectivity index (χ4n) is 3.53. The summed E-state index contributed by atoms with van der Waals surface area (Å²) >= 11 is 0.